The van der Waals surface area contributed by atoms with Gasteiger partial charge in [-0.15, -0.1) is 11.3 Å². The molecule has 0 spiro atoms. The number of sulfonamides is 1. The number of hydrogen-bond donors (Lipinski definition) is 2. The Kier molecular flexibility index (Phi) is 3.92. The van der Waals surface area contributed by atoms with E-state index in [0.29, 0.717) is 17.5 Å². The summed E-state index contributed by atoms with van der Waals surface area (Å²) in [6.07, 6.45) is 3.91. The fourth-order valence-corrected chi connectivity index (χ4v) is 4.48. The Morgan fingerprint density at radius 2 is 2.29 bits per heavy atom. The van der Waals surface area contributed by atoms with Crippen LogP contribution in [0.25, 0.3) is 0 Å². The van der Waals surface area contributed by atoms with Crippen molar-refractivity contribution >= 4 is 21.4 Å². The molecule has 5 nitrogen and oxygen atoms in total. The molecule has 3 N–H and O–H groups in total. The highest BCUT2D eigenvalue weighted by Crippen LogP contribution is 2.37. The molecule has 0 radical (unpaired) electrons. The molecule has 0 saturated heterocycles. The summed E-state index contributed by atoms with van der Waals surface area (Å²) in [4.78, 5) is 1.30. The fraction of sp³-hybridized carbons (Fsp3) is 0.429. The highest BCUT2D eigenvalue weighted by molar-refractivity contribution is 7.89. The van der Waals surface area contributed by atoms with Crippen molar-refractivity contribution < 1.29 is 8.42 Å². The van der Waals surface area contributed by atoms with Gasteiger partial charge >= 0.3 is 0 Å². The zero-order chi connectivity index (χ0) is 15.0. The van der Waals surface area contributed by atoms with Gasteiger partial charge in [0.1, 0.15) is 0 Å². The van der Waals surface area contributed by atoms with Crippen LogP contribution in [0.4, 0.5) is 0 Å². The van der Waals surface area contributed by atoms with E-state index in [1.807, 2.05) is 29.0 Å². The molecule has 0 aromatic carbocycles. The van der Waals surface area contributed by atoms with Gasteiger partial charge < -0.3 is 10.3 Å². The lowest BCUT2D eigenvalue weighted by Crippen LogP contribution is -2.26. The largest absolute Gasteiger partial charge is 0.346 e. The average Bonchev–Trinajstić information content (AvgIpc) is 2.98. The quantitative estimate of drug-likeness (QED) is 0.856. The minimum Gasteiger partial charge on any atom is -0.346 e. The summed E-state index contributed by atoms with van der Waals surface area (Å²) < 4.78 is 29.7. The van der Waals surface area contributed by atoms with Crippen LogP contribution in [0.15, 0.2) is 34.7 Å². The lowest BCUT2D eigenvalue weighted by molar-refractivity contribution is 0.568. The van der Waals surface area contributed by atoms with E-state index in [1.54, 1.807) is 23.6 Å². The second-order valence-corrected chi connectivity index (χ2v) is 8.06. The average molecular weight is 325 g/mol. The van der Waals surface area contributed by atoms with Crippen molar-refractivity contribution in [3.8, 4) is 0 Å². The van der Waals surface area contributed by atoms with Gasteiger partial charge in [-0.2, -0.15) is 0 Å². The molecule has 0 bridgehead atoms. The molecule has 0 aliphatic heterocycles. The zero-order valence-electron chi connectivity index (χ0n) is 11.8. The predicted molar refractivity (Wildman–Crippen MR) is 83.6 cm³/mol. The monoisotopic (exact) mass is 325 g/mol. The van der Waals surface area contributed by atoms with Crippen molar-refractivity contribution in [2.75, 3.05) is 0 Å². The first-order valence-electron chi connectivity index (χ1n) is 6.98. The van der Waals surface area contributed by atoms with E-state index in [2.05, 4.69) is 4.72 Å². The number of nitrogens with one attached hydrogen (secondary N) is 1. The summed E-state index contributed by atoms with van der Waals surface area (Å²) >= 11 is 1.54. The van der Waals surface area contributed by atoms with Crippen LogP contribution in [0.1, 0.15) is 42.4 Å². The van der Waals surface area contributed by atoms with E-state index >= 15 is 0 Å². The topological polar surface area (TPSA) is 77.1 Å². The van der Waals surface area contributed by atoms with E-state index in [-0.39, 0.29) is 6.04 Å². The van der Waals surface area contributed by atoms with Crippen molar-refractivity contribution in [3.63, 3.8) is 0 Å². The Labute approximate surface area is 128 Å². The first kappa shape index (κ1) is 14.8. The van der Waals surface area contributed by atoms with Gasteiger partial charge in [0.15, 0.2) is 0 Å². The van der Waals surface area contributed by atoms with Gasteiger partial charge in [-0.25, -0.2) is 13.1 Å². The van der Waals surface area contributed by atoms with Crippen LogP contribution in [-0.4, -0.2) is 13.0 Å². The summed E-state index contributed by atoms with van der Waals surface area (Å²) in [5, 5.41) is 1.94. The molecular formula is C14H19N3O2S2. The highest BCUT2D eigenvalue weighted by atomic mass is 32.2. The number of hydrogen-bond acceptors (Lipinski definition) is 4. The molecule has 1 atom stereocenters. The number of aromatic nitrogens is 1. The van der Waals surface area contributed by atoms with Crippen LogP contribution in [0.3, 0.4) is 0 Å². The summed E-state index contributed by atoms with van der Waals surface area (Å²) in [6, 6.07) is 5.71. The minimum atomic E-state index is -3.52. The van der Waals surface area contributed by atoms with Crippen molar-refractivity contribution in [2.45, 2.75) is 43.3 Å². The Morgan fingerprint density at radius 1 is 1.52 bits per heavy atom. The Morgan fingerprint density at radius 3 is 2.86 bits per heavy atom. The summed E-state index contributed by atoms with van der Waals surface area (Å²) in [6.45, 7) is 2.21. The van der Waals surface area contributed by atoms with Crippen molar-refractivity contribution in [1.29, 1.82) is 0 Å². The Balaban J connectivity index is 1.84. The standard InChI is InChI=1S/C14H19N3O2S2/c1-10(14-3-2-6-20-14)16-21(18,19)13-7-12(8-15)17(9-13)11-4-5-11/h2-3,6-7,9-11,16H,4-5,8,15H2,1H3. The maximum absolute atomic E-state index is 12.5. The molecule has 1 unspecified atom stereocenters. The number of nitrogens with zero attached hydrogens (tertiary/aromatic N) is 1. The first-order chi connectivity index (χ1) is 10.0. The van der Waals surface area contributed by atoms with E-state index in [1.165, 1.54) is 0 Å². The van der Waals surface area contributed by atoms with E-state index in [9.17, 15) is 8.42 Å². The predicted octanol–water partition coefficient (Wildman–Crippen LogP) is 2.38. The van der Waals surface area contributed by atoms with Crippen molar-refractivity contribution in [3.05, 3.63) is 40.3 Å². The highest BCUT2D eigenvalue weighted by Gasteiger charge is 2.28. The molecule has 2 aromatic rings. The Bertz CT molecular complexity index is 715. The van der Waals surface area contributed by atoms with Crippen LogP contribution in [0.5, 0.6) is 0 Å². The van der Waals surface area contributed by atoms with Crippen LogP contribution in [0, 0.1) is 0 Å². The maximum atomic E-state index is 12.5. The zero-order valence-corrected chi connectivity index (χ0v) is 13.5. The van der Waals surface area contributed by atoms with Gasteiger partial charge in [0.05, 0.1) is 10.9 Å². The second kappa shape index (κ2) is 5.57. The third-order valence-electron chi connectivity index (χ3n) is 3.67. The maximum Gasteiger partial charge on any atom is 0.242 e. The molecule has 1 aliphatic rings. The van der Waals surface area contributed by atoms with Crippen molar-refractivity contribution in [1.82, 2.24) is 9.29 Å². The van der Waals surface area contributed by atoms with Crippen LogP contribution >= 0.6 is 11.3 Å². The van der Waals surface area contributed by atoms with Gasteiger partial charge in [-0.1, -0.05) is 6.07 Å². The molecule has 7 heteroatoms. The molecular weight excluding hydrogens is 306 g/mol. The fourth-order valence-electron chi connectivity index (χ4n) is 2.40. The lowest BCUT2D eigenvalue weighted by atomic mass is 10.3. The molecule has 2 aromatic heterocycles. The van der Waals surface area contributed by atoms with Crippen LogP contribution < -0.4 is 10.5 Å². The smallest absolute Gasteiger partial charge is 0.242 e. The molecule has 3 rings (SSSR count). The molecule has 0 amide bonds. The van der Waals surface area contributed by atoms with Gasteiger partial charge in [0, 0.05) is 29.4 Å². The SMILES string of the molecule is CC(NS(=O)(=O)c1cc(CN)n(C2CC2)c1)c1cccs1. The van der Waals surface area contributed by atoms with E-state index in [0.717, 1.165) is 23.4 Å². The van der Waals surface area contributed by atoms with Crippen LogP contribution in [0.2, 0.25) is 0 Å². The summed E-state index contributed by atoms with van der Waals surface area (Å²) in [5.41, 5.74) is 6.59. The molecule has 21 heavy (non-hydrogen) atoms. The second-order valence-electron chi connectivity index (χ2n) is 5.37. The number of nitrogens with two attached hydrogens (primary N) is 1. The normalized spacial score (nSPS) is 17.0. The van der Waals surface area contributed by atoms with Gasteiger partial charge in [0.25, 0.3) is 0 Å². The number of thiophene rings is 1. The van der Waals surface area contributed by atoms with E-state index in [4.69, 9.17) is 5.73 Å². The third kappa shape index (κ3) is 3.06. The van der Waals surface area contributed by atoms with Gasteiger partial charge in [-0.05, 0) is 37.3 Å². The molecule has 2 heterocycles. The molecule has 1 saturated carbocycles. The first-order valence-corrected chi connectivity index (χ1v) is 9.34. The van der Waals surface area contributed by atoms with E-state index < -0.39 is 10.0 Å². The minimum absolute atomic E-state index is 0.236. The third-order valence-corrected chi connectivity index (χ3v) is 6.23. The summed E-state index contributed by atoms with van der Waals surface area (Å²) in [5.74, 6) is 0. The lowest BCUT2D eigenvalue weighted by Gasteiger charge is -2.11. The Hall–Kier alpha value is -1.15. The summed E-state index contributed by atoms with van der Waals surface area (Å²) in [7, 11) is -3.52. The molecule has 1 aliphatic carbocycles. The van der Waals surface area contributed by atoms with Gasteiger partial charge in [-0.3, -0.25) is 0 Å². The van der Waals surface area contributed by atoms with Crippen LogP contribution in [-0.2, 0) is 16.6 Å². The molecule has 1 fully saturated rings. The van der Waals surface area contributed by atoms with Gasteiger partial charge in [0.2, 0.25) is 10.0 Å². The number of rotatable bonds is 6. The van der Waals surface area contributed by atoms with Crippen molar-refractivity contribution in [2.24, 2.45) is 5.73 Å². The molecule has 114 valence electrons.